The van der Waals surface area contributed by atoms with E-state index < -0.39 is 5.79 Å². The van der Waals surface area contributed by atoms with Gasteiger partial charge in [0.15, 0.2) is 5.79 Å². The Morgan fingerprint density at radius 3 is 2.64 bits per heavy atom. The van der Waals surface area contributed by atoms with Gasteiger partial charge in [0.1, 0.15) is 5.76 Å². The number of aromatic nitrogens is 1. The van der Waals surface area contributed by atoms with Gasteiger partial charge in [-0.3, -0.25) is 4.79 Å². The average Bonchev–Trinajstić information content (AvgIpc) is 3.15. The van der Waals surface area contributed by atoms with Crippen LogP contribution in [-0.2, 0) is 20.7 Å². The maximum Gasteiger partial charge on any atom is 0.226 e. The summed E-state index contributed by atoms with van der Waals surface area (Å²) in [6.45, 7) is 5.35. The van der Waals surface area contributed by atoms with Crippen molar-refractivity contribution in [2.45, 2.75) is 32.5 Å². The van der Waals surface area contributed by atoms with Crippen LogP contribution >= 0.6 is 11.6 Å². The summed E-state index contributed by atoms with van der Waals surface area (Å²) in [5.41, 5.74) is 1.45. The van der Waals surface area contributed by atoms with Gasteiger partial charge in [-0.2, -0.15) is 0 Å². The Morgan fingerprint density at radius 1 is 1.28 bits per heavy atom. The summed E-state index contributed by atoms with van der Waals surface area (Å²) in [6, 6.07) is 7.21. The number of carbonyl (C=O) groups excluding carboxylic acids is 1. The summed E-state index contributed by atoms with van der Waals surface area (Å²) >= 11 is 5.89. The van der Waals surface area contributed by atoms with E-state index in [-0.39, 0.29) is 12.3 Å². The van der Waals surface area contributed by atoms with Crippen LogP contribution in [0, 0.1) is 6.92 Å². The van der Waals surface area contributed by atoms with Gasteiger partial charge in [-0.05, 0) is 38.1 Å². The van der Waals surface area contributed by atoms with E-state index in [4.69, 9.17) is 25.5 Å². The van der Waals surface area contributed by atoms with E-state index in [0.29, 0.717) is 48.5 Å². The molecule has 25 heavy (non-hydrogen) atoms. The number of hydrogen-bond donors (Lipinski definition) is 1. The van der Waals surface area contributed by atoms with Crippen LogP contribution in [-0.4, -0.2) is 36.4 Å². The Labute approximate surface area is 151 Å². The van der Waals surface area contributed by atoms with Crippen molar-refractivity contribution in [1.29, 1.82) is 0 Å². The van der Waals surface area contributed by atoms with Gasteiger partial charge in [0.25, 0.3) is 0 Å². The van der Waals surface area contributed by atoms with Gasteiger partial charge in [0.05, 0.1) is 25.3 Å². The standard InChI is InChI=1S/C18H21ClN2O4/c1-12-15(21-17(25-12)13-3-5-14(19)6-4-13)11-16(22)20-8-7-18(2)23-9-10-24-18/h3-6H,7-11H2,1-2H3,(H,20,22). The lowest BCUT2D eigenvalue weighted by atomic mass is 10.2. The third-order valence-corrected chi connectivity index (χ3v) is 4.36. The highest BCUT2D eigenvalue weighted by Crippen LogP contribution is 2.24. The Kier molecular flexibility index (Phi) is 5.42. The van der Waals surface area contributed by atoms with Crippen molar-refractivity contribution in [3.8, 4) is 11.5 Å². The first-order valence-electron chi connectivity index (χ1n) is 8.22. The van der Waals surface area contributed by atoms with E-state index in [0.717, 1.165) is 5.56 Å². The van der Waals surface area contributed by atoms with Crippen molar-refractivity contribution < 1.29 is 18.7 Å². The quantitative estimate of drug-likeness (QED) is 0.852. The smallest absolute Gasteiger partial charge is 0.226 e. The Balaban J connectivity index is 1.55. The molecule has 3 rings (SSSR count). The molecule has 2 heterocycles. The fourth-order valence-corrected chi connectivity index (χ4v) is 2.78. The molecule has 1 aromatic carbocycles. The molecule has 1 N–H and O–H groups in total. The molecule has 1 saturated heterocycles. The highest BCUT2D eigenvalue weighted by Gasteiger charge is 2.30. The number of rotatable bonds is 6. The molecule has 0 spiro atoms. The third-order valence-electron chi connectivity index (χ3n) is 4.11. The zero-order valence-corrected chi connectivity index (χ0v) is 15.1. The monoisotopic (exact) mass is 364 g/mol. The first kappa shape index (κ1) is 17.9. The van der Waals surface area contributed by atoms with Crippen molar-refractivity contribution >= 4 is 17.5 Å². The Bertz CT molecular complexity index is 736. The molecular formula is C18H21ClN2O4. The molecule has 2 aromatic rings. The minimum Gasteiger partial charge on any atom is -0.441 e. The molecule has 1 aromatic heterocycles. The van der Waals surface area contributed by atoms with Crippen LogP contribution in [0.1, 0.15) is 24.8 Å². The molecule has 0 saturated carbocycles. The summed E-state index contributed by atoms with van der Waals surface area (Å²) in [5.74, 6) is 0.408. The molecule has 0 aliphatic carbocycles. The fraction of sp³-hybridized carbons (Fsp3) is 0.444. The van der Waals surface area contributed by atoms with Crippen LogP contribution in [0.5, 0.6) is 0 Å². The molecule has 0 radical (unpaired) electrons. The van der Waals surface area contributed by atoms with E-state index in [1.165, 1.54) is 0 Å². The van der Waals surface area contributed by atoms with Gasteiger partial charge in [-0.15, -0.1) is 0 Å². The lowest BCUT2D eigenvalue weighted by Gasteiger charge is -2.22. The number of amides is 1. The van der Waals surface area contributed by atoms with E-state index in [9.17, 15) is 4.79 Å². The van der Waals surface area contributed by atoms with Crippen molar-refractivity contribution in [2.24, 2.45) is 0 Å². The van der Waals surface area contributed by atoms with Crippen LogP contribution < -0.4 is 5.32 Å². The summed E-state index contributed by atoms with van der Waals surface area (Å²) in [6.07, 6.45) is 0.772. The summed E-state index contributed by atoms with van der Waals surface area (Å²) in [4.78, 5) is 16.6. The lowest BCUT2D eigenvalue weighted by molar-refractivity contribution is -0.146. The highest BCUT2D eigenvalue weighted by atomic mass is 35.5. The van der Waals surface area contributed by atoms with Crippen molar-refractivity contribution in [2.75, 3.05) is 19.8 Å². The van der Waals surface area contributed by atoms with Crippen molar-refractivity contribution in [1.82, 2.24) is 10.3 Å². The molecular weight excluding hydrogens is 344 g/mol. The second kappa shape index (κ2) is 7.56. The van der Waals surface area contributed by atoms with E-state index in [2.05, 4.69) is 10.3 Å². The average molecular weight is 365 g/mol. The maximum absolute atomic E-state index is 12.1. The number of nitrogens with zero attached hydrogens (tertiary/aromatic N) is 1. The zero-order chi connectivity index (χ0) is 17.9. The van der Waals surface area contributed by atoms with Crippen LogP contribution in [0.3, 0.4) is 0 Å². The van der Waals surface area contributed by atoms with Gasteiger partial charge in [-0.25, -0.2) is 4.98 Å². The van der Waals surface area contributed by atoms with Crippen LogP contribution in [0.4, 0.5) is 0 Å². The first-order chi connectivity index (χ1) is 12.0. The number of nitrogens with one attached hydrogen (secondary N) is 1. The normalized spacial score (nSPS) is 16.1. The topological polar surface area (TPSA) is 73.6 Å². The SMILES string of the molecule is Cc1oc(-c2ccc(Cl)cc2)nc1CC(=O)NCCC1(C)OCCO1. The number of ether oxygens (including phenoxy) is 2. The lowest BCUT2D eigenvalue weighted by Crippen LogP contribution is -2.34. The van der Waals surface area contributed by atoms with Gasteiger partial charge < -0.3 is 19.2 Å². The molecule has 0 bridgehead atoms. The molecule has 1 aliphatic heterocycles. The van der Waals surface area contributed by atoms with Crippen molar-refractivity contribution in [3.63, 3.8) is 0 Å². The number of aryl methyl sites for hydroxylation is 1. The number of halogens is 1. The summed E-state index contributed by atoms with van der Waals surface area (Å²) in [7, 11) is 0. The van der Waals surface area contributed by atoms with Crippen LogP contribution in [0.15, 0.2) is 28.7 Å². The highest BCUT2D eigenvalue weighted by molar-refractivity contribution is 6.30. The Hall–Kier alpha value is -1.89. The molecule has 134 valence electrons. The largest absolute Gasteiger partial charge is 0.441 e. The van der Waals surface area contributed by atoms with Gasteiger partial charge in [-0.1, -0.05) is 11.6 Å². The molecule has 1 amide bonds. The molecule has 0 atom stereocenters. The van der Waals surface area contributed by atoms with Crippen LogP contribution in [0.2, 0.25) is 5.02 Å². The minimum absolute atomic E-state index is 0.111. The maximum atomic E-state index is 12.1. The second-order valence-electron chi connectivity index (χ2n) is 6.14. The van der Waals surface area contributed by atoms with E-state index in [1.807, 2.05) is 19.1 Å². The van der Waals surface area contributed by atoms with Crippen LogP contribution in [0.25, 0.3) is 11.5 Å². The molecule has 7 heteroatoms. The number of oxazole rings is 1. The zero-order valence-electron chi connectivity index (χ0n) is 14.3. The van der Waals surface area contributed by atoms with E-state index >= 15 is 0 Å². The molecule has 1 fully saturated rings. The summed E-state index contributed by atoms with van der Waals surface area (Å²) < 4.78 is 16.7. The number of carbonyl (C=O) groups is 1. The van der Waals surface area contributed by atoms with Crippen molar-refractivity contribution in [3.05, 3.63) is 40.7 Å². The summed E-state index contributed by atoms with van der Waals surface area (Å²) in [5, 5.41) is 3.52. The Morgan fingerprint density at radius 2 is 1.96 bits per heavy atom. The predicted molar refractivity (Wildman–Crippen MR) is 93.3 cm³/mol. The van der Waals surface area contributed by atoms with E-state index in [1.54, 1.807) is 19.1 Å². The number of benzene rings is 1. The molecule has 0 unspecified atom stereocenters. The molecule has 6 nitrogen and oxygen atoms in total. The van der Waals surface area contributed by atoms with Gasteiger partial charge >= 0.3 is 0 Å². The second-order valence-corrected chi connectivity index (χ2v) is 6.57. The van der Waals surface area contributed by atoms with Gasteiger partial charge in [0.2, 0.25) is 11.8 Å². The van der Waals surface area contributed by atoms with Gasteiger partial charge in [0, 0.05) is 23.6 Å². The fourth-order valence-electron chi connectivity index (χ4n) is 2.65. The third kappa shape index (κ3) is 4.60. The first-order valence-corrected chi connectivity index (χ1v) is 8.60. The predicted octanol–water partition coefficient (Wildman–Crippen LogP) is 3.12. The minimum atomic E-state index is -0.598. The molecule has 1 aliphatic rings. The number of hydrogen-bond acceptors (Lipinski definition) is 5.